The zero-order valence-electron chi connectivity index (χ0n) is 17.9. The van der Waals surface area contributed by atoms with Crippen molar-refractivity contribution in [1.29, 1.82) is 0 Å². The molecule has 31 heavy (non-hydrogen) atoms. The van der Waals surface area contributed by atoms with Gasteiger partial charge in [-0.3, -0.25) is 9.89 Å². The number of nitrogens with zero attached hydrogens (tertiary/aromatic N) is 4. The quantitative estimate of drug-likeness (QED) is 0.602. The monoisotopic (exact) mass is 439 g/mol. The first-order valence-electron chi connectivity index (χ1n) is 10.7. The van der Waals surface area contributed by atoms with Crippen LogP contribution in [0.3, 0.4) is 0 Å². The van der Waals surface area contributed by atoms with Gasteiger partial charge in [0.15, 0.2) is 5.82 Å². The van der Waals surface area contributed by atoms with Gasteiger partial charge in [-0.2, -0.15) is 5.10 Å². The number of amides is 1. The molecule has 2 aromatic carbocycles. The number of aromatic amines is 1. The Hall–Kier alpha value is -2.70. The largest absolute Gasteiger partial charge is 0.339 e. The second kappa shape index (κ2) is 11.1. The Morgan fingerprint density at radius 3 is 2.45 bits per heavy atom. The summed E-state index contributed by atoms with van der Waals surface area (Å²) >= 11 is 0. The van der Waals surface area contributed by atoms with Gasteiger partial charge in [-0.15, -0.1) is 12.4 Å². The molecule has 0 saturated carbocycles. The summed E-state index contributed by atoms with van der Waals surface area (Å²) in [5.74, 6) is 0.828. The second-order valence-corrected chi connectivity index (χ2v) is 8.00. The Bertz CT molecular complexity index is 922. The number of carbonyl (C=O) groups is 1. The van der Waals surface area contributed by atoms with Crippen LogP contribution in [0.1, 0.15) is 35.2 Å². The van der Waals surface area contributed by atoms with Gasteiger partial charge in [0.1, 0.15) is 6.33 Å². The van der Waals surface area contributed by atoms with Crippen LogP contribution in [0.5, 0.6) is 0 Å². The van der Waals surface area contributed by atoms with Crippen LogP contribution in [0.2, 0.25) is 0 Å². The van der Waals surface area contributed by atoms with E-state index in [2.05, 4.69) is 57.5 Å². The van der Waals surface area contributed by atoms with Gasteiger partial charge in [-0.05, 0) is 57.0 Å². The van der Waals surface area contributed by atoms with E-state index in [0.717, 1.165) is 56.4 Å². The summed E-state index contributed by atoms with van der Waals surface area (Å²) in [6.45, 7) is 2.73. The summed E-state index contributed by atoms with van der Waals surface area (Å²) in [5, 5.41) is 6.71. The van der Waals surface area contributed by atoms with E-state index in [1.165, 1.54) is 11.9 Å². The van der Waals surface area contributed by atoms with Crippen molar-refractivity contribution in [3.63, 3.8) is 0 Å². The average Bonchev–Trinajstić information content (AvgIpc) is 3.34. The number of hydrogen-bond donors (Lipinski definition) is 1. The molecule has 1 saturated heterocycles. The third-order valence-electron chi connectivity index (χ3n) is 6.01. The van der Waals surface area contributed by atoms with Crippen LogP contribution in [-0.4, -0.2) is 63.6 Å². The van der Waals surface area contributed by atoms with Crippen molar-refractivity contribution in [2.45, 2.75) is 31.7 Å². The van der Waals surface area contributed by atoms with Gasteiger partial charge in [0.05, 0.1) is 0 Å². The topological polar surface area (TPSA) is 65.1 Å². The summed E-state index contributed by atoms with van der Waals surface area (Å²) in [5.41, 5.74) is 3.06. The Morgan fingerprint density at radius 1 is 1.10 bits per heavy atom. The van der Waals surface area contributed by atoms with Crippen LogP contribution in [0.15, 0.2) is 60.9 Å². The lowest BCUT2D eigenvalue weighted by atomic mass is 10.0. The van der Waals surface area contributed by atoms with Gasteiger partial charge in [-0.25, -0.2) is 4.98 Å². The molecular weight excluding hydrogens is 410 g/mol. The summed E-state index contributed by atoms with van der Waals surface area (Å²) in [6.07, 6.45) is 5.83. The summed E-state index contributed by atoms with van der Waals surface area (Å²) in [7, 11) is 2.22. The van der Waals surface area contributed by atoms with Gasteiger partial charge in [0, 0.05) is 30.3 Å². The minimum atomic E-state index is 0. The van der Waals surface area contributed by atoms with Gasteiger partial charge in [-0.1, -0.05) is 42.5 Å². The van der Waals surface area contributed by atoms with Crippen LogP contribution < -0.4 is 0 Å². The first-order chi connectivity index (χ1) is 14.7. The standard InChI is InChI=1S/C24H29N5O.ClH/c1-28(15-5-8-19-6-3-2-4-7-19)22-13-16-29(17-14-22)24(30)21-11-9-20(10-12-21)23-25-18-26-27-23;/h2-4,6-7,9-12,18,22H,5,8,13-17H2,1H3,(H,25,26,27);1H. The van der Waals surface area contributed by atoms with Crippen LogP contribution >= 0.6 is 12.4 Å². The highest BCUT2D eigenvalue weighted by atomic mass is 35.5. The molecular formula is C24H30ClN5O. The maximum absolute atomic E-state index is 12.9. The molecule has 6 nitrogen and oxygen atoms in total. The van der Waals surface area contributed by atoms with Crippen molar-refractivity contribution in [2.24, 2.45) is 0 Å². The Balaban J connectivity index is 0.00000272. The lowest BCUT2D eigenvalue weighted by Gasteiger charge is -2.37. The molecule has 0 bridgehead atoms. The van der Waals surface area contributed by atoms with E-state index in [9.17, 15) is 4.79 Å². The molecule has 2 heterocycles. The third kappa shape index (κ3) is 5.93. The zero-order valence-corrected chi connectivity index (χ0v) is 18.7. The maximum Gasteiger partial charge on any atom is 0.253 e. The highest BCUT2D eigenvalue weighted by molar-refractivity contribution is 5.94. The first-order valence-corrected chi connectivity index (χ1v) is 10.7. The van der Waals surface area contributed by atoms with E-state index in [-0.39, 0.29) is 18.3 Å². The summed E-state index contributed by atoms with van der Waals surface area (Å²) < 4.78 is 0. The number of halogens is 1. The number of piperidine rings is 1. The first kappa shape index (κ1) is 23.0. The third-order valence-corrected chi connectivity index (χ3v) is 6.01. The molecule has 0 radical (unpaired) electrons. The number of benzene rings is 2. The number of aryl methyl sites for hydroxylation is 1. The number of rotatable bonds is 7. The van der Waals surface area contributed by atoms with Crippen molar-refractivity contribution >= 4 is 18.3 Å². The minimum absolute atomic E-state index is 0. The van der Waals surface area contributed by atoms with E-state index in [1.54, 1.807) is 0 Å². The molecule has 1 fully saturated rings. The van der Waals surface area contributed by atoms with E-state index in [4.69, 9.17) is 0 Å². The predicted octanol–water partition coefficient (Wildman–Crippen LogP) is 4.06. The van der Waals surface area contributed by atoms with Crippen LogP contribution in [0.4, 0.5) is 0 Å². The zero-order chi connectivity index (χ0) is 20.8. The van der Waals surface area contributed by atoms with E-state index < -0.39 is 0 Å². The Morgan fingerprint density at radius 2 is 1.81 bits per heavy atom. The van der Waals surface area contributed by atoms with Gasteiger partial charge >= 0.3 is 0 Å². The van der Waals surface area contributed by atoms with Crippen molar-refractivity contribution in [2.75, 3.05) is 26.7 Å². The molecule has 164 valence electrons. The lowest BCUT2D eigenvalue weighted by Crippen LogP contribution is -2.45. The number of carbonyl (C=O) groups excluding carboxylic acids is 1. The van der Waals surface area contributed by atoms with Gasteiger partial charge in [0.2, 0.25) is 0 Å². The van der Waals surface area contributed by atoms with Crippen LogP contribution in [0, 0.1) is 0 Å². The van der Waals surface area contributed by atoms with E-state index in [1.807, 2.05) is 29.2 Å². The molecule has 1 aliphatic heterocycles. The number of likely N-dealkylation sites (tertiary alicyclic amines) is 1. The summed E-state index contributed by atoms with van der Waals surface area (Å²) in [4.78, 5) is 21.5. The fraction of sp³-hybridized carbons (Fsp3) is 0.375. The molecule has 7 heteroatoms. The van der Waals surface area contributed by atoms with Crippen LogP contribution in [0.25, 0.3) is 11.4 Å². The van der Waals surface area contributed by atoms with Crippen molar-refractivity contribution in [1.82, 2.24) is 25.0 Å². The fourth-order valence-electron chi connectivity index (χ4n) is 4.17. The predicted molar refractivity (Wildman–Crippen MR) is 125 cm³/mol. The molecule has 4 rings (SSSR count). The number of nitrogens with one attached hydrogen (secondary N) is 1. The molecule has 1 aliphatic rings. The maximum atomic E-state index is 12.9. The molecule has 1 amide bonds. The second-order valence-electron chi connectivity index (χ2n) is 8.00. The normalized spacial score (nSPS) is 14.5. The smallest absolute Gasteiger partial charge is 0.253 e. The molecule has 1 aromatic heterocycles. The highest BCUT2D eigenvalue weighted by Gasteiger charge is 2.25. The van der Waals surface area contributed by atoms with E-state index in [0.29, 0.717) is 11.9 Å². The van der Waals surface area contributed by atoms with E-state index >= 15 is 0 Å². The molecule has 3 aromatic rings. The Kier molecular flexibility index (Phi) is 8.20. The summed E-state index contributed by atoms with van der Waals surface area (Å²) in [6, 6.07) is 18.8. The van der Waals surface area contributed by atoms with Gasteiger partial charge < -0.3 is 9.80 Å². The average molecular weight is 440 g/mol. The molecule has 0 spiro atoms. The molecule has 0 unspecified atom stereocenters. The van der Waals surface area contributed by atoms with Crippen molar-refractivity contribution in [3.05, 3.63) is 72.1 Å². The highest BCUT2D eigenvalue weighted by Crippen LogP contribution is 2.20. The van der Waals surface area contributed by atoms with Crippen molar-refractivity contribution in [3.8, 4) is 11.4 Å². The van der Waals surface area contributed by atoms with Crippen molar-refractivity contribution < 1.29 is 4.79 Å². The SMILES string of the molecule is CN(CCCc1ccccc1)C1CCN(C(=O)c2ccc(-c3ncn[nH]3)cc2)CC1.Cl. The number of H-pyrrole nitrogens is 1. The number of aromatic nitrogens is 3. The van der Waals surface area contributed by atoms with Gasteiger partial charge in [0.25, 0.3) is 5.91 Å². The lowest BCUT2D eigenvalue weighted by molar-refractivity contribution is 0.0645. The molecule has 1 N–H and O–H groups in total. The fourth-order valence-corrected chi connectivity index (χ4v) is 4.17. The minimum Gasteiger partial charge on any atom is -0.339 e. The number of hydrogen-bond acceptors (Lipinski definition) is 4. The Labute approximate surface area is 190 Å². The van der Waals surface area contributed by atoms with Crippen LogP contribution in [-0.2, 0) is 6.42 Å². The molecule has 0 atom stereocenters. The molecule has 0 aliphatic carbocycles.